The molecule has 382 valence electrons. The summed E-state index contributed by atoms with van der Waals surface area (Å²) in [5.41, 5.74) is 0. The van der Waals surface area contributed by atoms with E-state index in [-0.39, 0.29) is 37.5 Å². The third-order valence-corrected chi connectivity index (χ3v) is 11.5. The molecule has 0 rings (SSSR count). The van der Waals surface area contributed by atoms with Crippen molar-refractivity contribution in [2.45, 2.75) is 258 Å². The standard InChI is InChI=1S/C61H102O6/c1-4-7-10-13-16-19-22-25-28-30-33-36-39-42-45-48-51-54-60(63)66-57-58(56-65-59(62)53-50-47-44-41-38-35-32-27-24-21-18-15-12-9-6-3)67-61(64)55-52-49-46-43-40-37-34-31-29-26-23-20-17-14-11-8-5-2/h7,10,16,18-19,21,25-29,32-33,36,42,45,58H,4-6,8-9,11-15,17,20,22-24,30-31,34-35,37-41,43-44,46-57H2,1-3H3/b10-7+,19-16+,21-18+,28-25+,29-26+,32-27+,36-33+,45-42+/t58-/m1/s1. The Bertz CT molecular complexity index is 1350. The fraction of sp³-hybridized carbons (Fsp3) is 0.689. The number of esters is 3. The number of unbranched alkanes of at least 4 members (excludes halogenated alkanes) is 22. The van der Waals surface area contributed by atoms with Gasteiger partial charge in [0.05, 0.1) is 0 Å². The van der Waals surface area contributed by atoms with Gasteiger partial charge >= 0.3 is 17.9 Å². The fourth-order valence-corrected chi connectivity index (χ4v) is 7.38. The highest BCUT2D eigenvalue weighted by Crippen LogP contribution is 2.14. The van der Waals surface area contributed by atoms with Crippen LogP contribution in [0.25, 0.3) is 0 Å². The molecule has 0 aliphatic rings. The van der Waals surface area contributed by atoms with Crippen molar-refractivity contribution in [3.63, 3.8) is 0 Å². The van der Waals surface area contributed by atoms with Gasteiger partial charge in [-0.3, -0.25) is 14.4 Å². The summed E-state index contributed by atoms with van der Waals surface area (Å²) in [4.78, 5) is 38.1. The molecule has 0 aromatic rings. The van der Waals surface area contributed by atoms with E-state index in [2.05, 4.69) is 118 Å². The van der Waals surface area contributed by atoms with E-state index >= 15 is 0 Å². The second-order valence-corrected chi connectivity index (χ2v) is 18.1. The molecule has 0 aliphatic carbocycles. The van der Waals surface area contributed by atoms with Gasteiger partial charge in [-0.1, -0.05) is 214 Å². The number of ether oxygens (including phenoxy) is 3. The molecule has 0 N–H and O–H groups in total. The van der Waals surface area contributed by atoms with Crippen LogP contribution in [0.15, 0.2) is 97.2 Å². The molecule has 0 aromatic carbocycles. The van der Waals surface area contributed by atoms with E-state index in [0.717, 1.165) is 103 Å². The second-order valence-electron chi connectivity index (χ2n) is 18.1. The normalized spacial score (nSPS) is 12.8. The lowest BCUT2D eigenvalue weighted by molar-refractivity contribution is -0.167. The zero-order chi connectivity index (χ0) is 48.6. The Morgan fingerprint density at radius 1 is 0.313 bits per heavy atom. The van der Waals surface area contributed by atoms with Gasteiger partial charge in [-0.05, 0) is 116 Å². The second kappa shape index (κ2) is 54.9. The number of hydrogen-bond donors (Lipinski definition) is 0. The smallest absolute Gasteiger partial charge is 0.306 e. The summed E-state index contributed by atoms with van der Waals surface area (Å²) in [5.74, 6) is -0.981. The number of allylic oxidation sites excluding steroid dienone is 16. The predicted octanol–water partition coefficient (Wildman–Crippen LogP) is 18.5. The summed E-state index contributed by atoms with van der Waals surface area (Å²) in [7, 11) is 0. The first kappa shape index (κ1) is 63.3. The maximum Gasteiger partial charge on any atom is 0.306 e. The van der Waals surface area contributed by atoms with Gasteiger partial charge in [0.25, 0.3) is 0 Å². The van der Waals surface area contributed by atoms with Gasteiger partial charge in [-0.2, -0.15) is 0 Å². The molecule has 0 bridgehead atoms. The predicted molar refractivity (Wildman–Crippen MR) is 288 cm³/mol. The molecule has 0 aliphatic heterocycles. The summed E-state index contributed by atoms with van der Waals surface area (Å²) < 4.78 is 16.8. The SMILES string of the molecule is CC/C=C/C/C=C/C/C=C/C/C=C/C/C=C/CCCC(=O)OC[C@@H](COC(=O)CCCCCCC/C=C/C/C=C/CCCCC)OC(=O)CCCCCCCCC/C=C/CCCCCCCC. The van der Waals surface area contributed by atoms with Crippen molar-refractivity contribution >= 4 is 17.9 Å². The van der Waals surface area contributed by atoms with Gasteiger partial charge in [-0.15, -0.1) is 0 Å². The molecule has 0 unspecified atom stereocenters. The Morgan fingerprint density at radius 3 is 1.01 bits per heavy atom. The van der Waals surface area contributed by atoms with Crippen LogP contribution < -0.4 is 0 Å². The lowest BCUT2D eigenvalue weighted by atomic mass is 10.1. The van der Waals surface area contributed by atoms with Crippen LogP contribution in [0.3, 0.4) is 0 Å². The van der Waals surface area contributed by atoms with Crippen molar-refractivity contribution in [1.82, 2.24) is 0 Å². The highest BCUT2D eigenvalue weighted by molar-refractivity contribution is 5.71. The third-order valence-electron chi connectivity index (χ3n) is 11.5. The molecule has 0 heterocycles. The fourth-order valence-electron chi connectivity index (χ4n) is 7.38. The minimum Gasteiger partial charge on any atom is -0.462 e. The molecule has 0 saturated carbocycles. The van der Waals surface area contributed by atoms with Crippen molar-refractivity contribution in [3.05, 3.63) is 97.2 Å². The van der Waals surface area contributed by atoms with Gasteiger partial charge < -0.3 is 14.2 Å². The molecule has 0 fully saturated rings. The highest BCUT2D eigenvalue weighted by atomic mass is 16.6. The van der Waals surface area contributed by atoms with Crippen LogP contribution in [-0.2, 0) is 28.6 Å². The Labute approximate surface area is 413 Å². The van der Waals surface area contributed by atoms with Gasteiger partial charge in [0.2, 0.25) is 0 Å². The minimum atomic E-state index is -0.809. The summed E-state index contributed by atoms with van der Waals surface area (Å²) >= 11 is 0. The van der Waals surface area contributed by atoms with Crippen molar-refractivity contribution in [3.8, 4) is 0 Å². The Balaban J connectivity index is 4.51. The zero-order valence-corrected chi connectivity index (χ0v) is 43.6. The summed E-state index contributed by atoms with van der Waals surface area (Å²) in [5, 5.41) is 0. The van der Waals surface area contributed by atoms with Crippen LogP contribution in [0.5, 0.6) is 0 Å². The average molecular weight is 931 g/mol. The third kappa shape index (κ3) is 53.2. The highest BCUT2D eigenvalue weighted by Gasteiger charge is 2.19. The lowest BCUT2D eigenvalue weighted by Gasteiger charge is -2.18. The molecular weight excluding hydrogens is 829 g/mol. The maximum absolute atomic E-state index is 12.8. The van der Waals surface area contributed by atoms with Crippen molar-refractivity contribution in [1.29, 1.82) is 0 Å². The van der Waals surface area contributed by atoms with E-state index in [1.165, 1.54) is 103 Å². The van der Waals surface area contributed by atoms with Crippen molar-refractivity contribution < 1.29 is 28.6 Å². The molecule has 0 aromatic heterocycles. The van der Waals surface area contributed by atoms with E-state index in [9.17, 15) is 14.4 Å². The molecule has 0 saturated heterocycles. The Morgan fingerprint density at radius 2 is 0.597 bits per heavy atom. The molecule has 67 heavy (non-hydrogen) atoms. The van der Waals surface area contributed by atoms with E-state index in [4.69, 9.17) is 14.2 Å². The zero-order valence-electron chi connectivity index (χ0n) is 43.6. The van der Waals surface area contributed by atoms with Gasteiger partial charge in [0.15, 0.2) is 6.10 Å². The van der Waals surface area contributed by atoms with Crippen molar-refractivity contribution in [2.24, 2.45) is 0 Å². The van der Waals surface area contributed by atoms with E-state index in [1.54, 1.807) is 0 Å². The molecular formula is C61H102O6. The van der Waals surface area contributed by atoms with Crippen LogP contribution in [-0.4, -0.2) is 37.2 Å². The largest absolute Gasteiger partial charge is 0.462 e. The monoisotopic (exact) mass is 931 g/mol. The molecule has 6 nitrogen and oxygen atoms in total. The Kier molecular flexibility index (Phi) is 51.9. The minimum absolute atomic E-state index is 0.105. The quantitative estimate of drug-likeness (QED) is 0.0262. The van der Waals surface area contributed by atoms with Gasteiger partial charge in [0.1, 0.15) is 13.2 Å². The number of carbonyl (C=O) groups excluding carboxylic acids is 3. The molecule has 0 spiro atoms. The number of hydrogen-bond acceptors (Lipinski definition) is 6. The molecule has 6 heteroatoms. The maximum atomic E-state index is 12.8. The van der Waals surface area contributed by atoms with E-state index in [1.807, 2.05) is 0 Å². The molecule has 0 radical (unpaired) electrons. The number of carbonyl (C=O) groups is 3. The van der Waals surface area contributed by atoms with Crippen LogP contribution >= 0.6 is 0 Å². The first-order valence-electron chi connectivity index (χ1n) is 27.7. The summed E-state index contributed by atoms with van der Waals surface area (Å²) in [6.45, 7) is 6.43. The average Bonchev–Trinajstić information content (AvgIpc) is 3.33. The van der Waals surface area contributed by atoms with Crippen molar-refractivity contribution in [2.75, 3.05) is 13.2 Å². The molecule has 1 atom stereocenters. The van der Waals surface area contributed by atoms with E-state index < -0.39 is 6.10 Å². The first-order chi connectivity index (χ1) is 33.0. The number of rotatable bonds is 49. The topological polar surface area (TPSA) is 78.9 Å². The lowest BCUT2D eigenvalue weighted by Crippen LogP contribution is -2.30. The van der Waals surface area contributed by atoms with E-state index in [0.29, 0.717) is 19.3 Å². The van der Waals surface area contributed by atoms with Crippen LogP contribution in [0, 0.1) is 0 Å². The van der Waals surface area contributed by atoms with Gasteiger partial charge in [-0.25, -0.2) is 0 Å². The van der Waals surface area contributed by atoms with Crippen LogP contribution in [0.1, 0.15) is 252 Å². The molecule has 0 amide bonds. The first-order valence-corrected chi connectivity index (χ1v) is 27.7. The van der Waals surface area contributed by atoms with Gasteiger partial charge in [0, 0.05) is 19.3 Å². The van der Waals surface area contributed by atoms with Crippen LogP contribution in [0.4, 0.5) is 0 Å². The van der Waals surface area contributed by atoms with Crippen LogP contribution in [0.2, 0.25) is 0 Å². The summed E-state index contributed by atoms with van der Waals surface area (Å²) in [6, 6.07) is 0. The Hall–Kier alpha value is -3.67. The summed E-state index contributed by atoms with van der Waals surface area (Å²) in [6.07, 6.45) is 72.5.